The van der Waals surface area contributed by atoms with E-state index in [9.17, 15) is 18.0 Å². The molecule has 2 rings (SSSR count). The average Bonchev–Trinajstić information content (AvgIpc) is 2.77. The summed E-state index contributed by atoms with van der Waals surface area (Å²) < 4.78 is 31.2. The van der Waals surface area contributed by atoms with E-state index >= 15 is 0 Å². The Morgan fingerprint density at radius 3 is 2.42 bits per heavy atom. The summed E-state index contributed by atoms with van der Waals surface area (Å²) in [7, 11) is -2.38. The molecule has 2 aromatic carbocycles. The molecule has 180 valence electrons. The molecule has 1 atom stereocenters. The molecule has 33 heavy (non-hydrogen) atoms. The molecular formula is C22H27Cl2N3O5S. The summed E-state index contributed by atoms with van der Waals surface area (Å²) in [5.74, 6) is -0.354. The Morgan fingerprint density at radius 2 is 1.82 bits per heavy atom. The number of ether oxygens (including phenoxy) is 1. The Labute approximate surface area is 204 Å². The van der Waals surface area contributed by atoms with Crippen LogP contribution < -0.4 is 14.4 Å². The van der Waals surface area contributed by atoms with Crippen molar-refractivity contribution < 1.29 is 22.7 Å². The molecule has 0 unspecified atom stereocenters. The molecule has 0 aromatic heterocycles. The van der Waals surface area contributed by atoms with Crippen LogP contribution in [0.1, 0.15) is 19.4 Å². The van der Waals surface area contributed by atoms with Crippen molar-refractivity contribution in [2.24, 2.45) is 0 Å². The van der Waals surface area contributed by atoms with Crippen LogP contribution in [-0.2, 0) is 26.2 Å². The first kappa shape index (κ1) is 26.8. The van der Waals surface area contributed by atoms with Crippen molar-refractivity contribution in [3.63, 3.8) is 0 Å². The second kappa shape index (κ2) is 11.6. The van der Waals surface area contributed by atoms with Crippen LogP contribution in [0.5, 0.6) is 5.75 Å². The van der Waals surface area contributed by atoms with Crippen LogP contribution in [0, 0.1) is 0 Å². The molecule has 2 aromatic rings. The van der Waals surface area contributed by atoms with E-state index in [4.69, 9.17) is 27.9 Å². The van der Waals surface area contributed by atoms with Gasteiger partial charge in [0.05, 0.1) is 29.1 Å². The number of benzene rings is 2. The van der Waals surface area contributed by atoms with Gasteiger partial charge in [-0.05, 0) is 43.7 Å². The number of hydrogen-bond donors (Lipinski definition) is 1. The Bertz CT molecular complexity index is 1110. The molecule has 0 aliphatic heterocycles. The lowest BCUT2D eigenvalue weighted by Crippen LogP contribution is -2.51. The third-order valence-electron chi connectivity index (χ3n) is 4.88. The molecule has 0 radical (unpaired) electrons. The average molecular weight is 516 g/mol. The third kappa shape index (κ3) is 6.99. The monoisotopic (exact) mass is 515 g/mol. The van der Waals surface area contributed by atoms with Gasteiger partial charge in [0.15, 0.2) is 0 Å². The second-order valence-electron chi connectivity index (χ2n) is 7.29. The number of carbonyl (C=O) groups is 2. The van der Waals surface area contributed by atoms with Crippen molar-refractivity contribution >= 4 is 50.7 Å². The number of nitrogens with one attached hydrogen (secondary N) is 1. The van der Waals surface area contributed by atoms with Gasteiger partial charge in [-0.2, -0.15) is 0 Å². The summed E-state index contributed by atoms with van der Waals surface area (Å²) in [4.78, 5) is 27.3. The minimum absolute atomic E-state index is 0.00788. The highest BCUT2D eigenvalue weighted by atomic mass is 35.5. The highest BCUT2D eigenvalue weighted by Gasteiger charge is 2.31. The molecule has 0 aliphatic rings. The number of hydrogen-bond acceptors (Lipinski definition) is 5. The standard InChI is InChI=1S/C22H27Cl2N3O5S/c1-5-25-22(29)15(2)26(13-16-8-6-9-17(12-16)32-3)20(28)14-27(33(4,30)31)19-11-7-10-18(23)21(19)24/h6-12,15H,5,13-14H2,1-4H3,(H,25,29)/t15-/m0/s1. The maximum atomic E-state index is 13.4. The lowest BCUT2D eigenvalue weighted by atomic mass is 10.1. The van der Waals surface area contributed by atoms with E-state index in [2.05, 4.69) is 5.32 Å². The van der Waals surface area contributed by atoms with Crippen LogP contribution in [-0.4, -0.2) is 57.6 Å². The lowest BCUT2D eigenvalue weighted by molar-refractivity contribution is -0.139. The van der Waals surface area contributed by atoms with Crippen LogP contribution in [0.15, 0.2) is 42.5 Å². The number of rotatable bonds is 10. The quantitative estimate of drug-likeness (QED) is 0.523. The zero-order chi connectivity index (χ0) is 24.8. The summed E-state index contributed by atoms with van der Waals surface area (Å²) in [6.07, 6.45) is 0.969. The van der Waals surface area contributed by atoms with Gasteiger partial charge in [-0.3, -0.25) is 13.9 Å². The maximum absolute atomic E-state index is 13.4. The smallest absolute Gasteiger partial charge is 0.244 e. The molecular weight excluding hydrogens is 489 g/mol. The van der Waals surface area contributed by atoms with Crippen LogP contribution in [0.2, 0.25) is 10.0 Å². The molecule has 1 N–H and O–H groups in total. The van der Waals surface area contributed by atoms with Gasteiger partial charge in [0.1, 0.15) is 18.3 Å². The van der Waals surface area contributed by atoms with Crippen molar-refractivity contribution in [2.45, 2.75) is 26.4 Å². The summed E-state index contributed by atoms with van der Waals surface area (Å²) in [6.45, 7) is 3.24. The largest absolute Gasteiger partial charge is 0.497 e. The summed E-state index contributed by atoms with van der Waals surface area (Å²) >= 11 is 12.3. The van der Waals surface area contributed by atoms with Gasteiger partial charge in [0.25, 0.3) is 0 Å². The number of nitrogens with zero attached hydrogens (tertiary/aromatic N) is 2. The number of amides is 2. The van der Waals surface area contributed by atoms with E-state index < -0.39 is 28.5 Å². The Kier molecular flexibility index (Phi) is 9.39. The van der Waals surface area contributed by atoms with Crippen molar-refractivity contribution in [3.8, 4) is 5.75 Å². The molecule has 2 amide bonds. The number of carbonyl (C=O) groups excluding carboxylic acids is 2. The molecule has 0 spiro atoms. The first-order valence-electron chi connectivity index (χ1n) is 10.1. The molecule has 0 saturated carbocycles. The second-order valence-corrected chi connectivity index (χ2v) is 9.98. The van der Waals surface area contributed by atoms with Gasteiger partial charge in [-0.15, -0.1) is 0 Å². The molecule has 0 aliphatic carbocycles. The van der Waals surface area contributed by atoms with Gasteiger partial charge >= 0.3 is 0 Å². The zero-order valence-electron chi connectivity index (χ0n) is 18.8. The van der Waals surface area contributed by atoms with Crippen molar-refractivity contribution in [3.05, 3.63) is 58.1 Å². The van der Waals surface area contributed by atoms with Crippen molar-refractivity contribution in [1.29, 1.82) is 0 Å². The fourth-order valence-corrected chi connectivity index (χ4v) is 4.45. The molecule has 0 bridgehead atoms. The predicted molar refractivity (Wildman–Crippen MR) is 130 cm³/mol. The summed E-state index contributed by atoms with van der Waals surface area (Å²) in [6, 6.07) is 10.7. The van der Waals surface area contributed by atoms with Gasteiger partial charge < -0.3 is 15.0 Å². The van der Waals surface area contributed by atoms with Gasteiger partial charge in [0, 0.05) is 13.1 Å². The number of likely N-dealkylation sites (N-methyl/N-ethyl adjacent to an activating group) is 1. The van der Waals surface area contributed by atoms with Crippen molar-refractivity contribution in [1.82, 2.24) is 10.2 Å². The topological polar surface area (TPSA) is 96.0 Å². The fraction of sp³-hybridized carbons (Fsp3) is 0.364. The SMILES string of the molecule is CCNC(=O)[C@H](C)N(Cc1cccc(OC)c1)C(=O)CN(c1cccc(Cl)c1Cl)S(C)(=O)=O. The van der Waals surface area contributed by atoms with Crippen LogP contribution in [0.25, 0.3) is 0 Å². The van der Waals surface area contributed by atoms with E-state index in [0.29, 0.717) is 17.9 Å². The molecule has 11 heteroatoms. The molecule has 0 heterocycles. The van der Waals surface area contributed by atoms with Gasteiger partial charge in [-0.25, -0.2) is 8.42 Å². The van der Waals surface area contributed by atoms with E-state index in [-0.39, 0.29) is 28.2 Å². The summed E-state index contributed by atoms with van der Waals surface area (Å²) in [5.41, 5.74) is 0.789. The van der Waals surface area contributed by atoms with E-state index in [1.807, 2.05) is 0 Å². The fourth-order valence-electron chi connectivity index (χ4n) is 3.15. The molecule has 0 saturated heterocycles. The van der Waals surface area contributed by atoms with E-state index in [0.717, 1.165) is 10.6 Å². The molecule has 0 fully saturated rings. The Hall–Kier alpha value is -2.49. The maximum Gasteiger partial charge on any atom is 0.244 e. The van der Waals surface area contributed by atoms with Gasteiger partial charge in [0.2, 0.25) is 21.8 Å². The summed E-state index contributed by atoms with van der Waals surface area (Å²) in [5, 5.41) is 2.85. The minimum atomic E-state index is -3.90. The number of sulfonamides is 1. The highest BCUT2D eigenvalue weighted by Crippen LogP contribution is 2.33. The first-order chi connectivity index (χ1) is 15.5. The third-order valence-corrected chi connectivity index (χ3v) is 6.82. The molecule has 8 nitrogen and oxygen atoms in total. The first-order valence-corrected chi connectivity index (χ1v) is 12.7. The normalized spacial score (nSPS) is 12.1. The minimum Gasteiger partial charge on any atom is -0.497 e. The van der Waals surface area contributed by atoms with E-state index in [1.54, 1.807) is 38.1 Å². The van der Waals surface area contributed by atoms with E-state index in [1.165, 1.54) is 30.2 Å². The zero-order valence-corrected chi connectivity index (χ0v) is 21.2. The number of halogens is 2. The van der Waals surface area contributed by atoms with Crippen molar-refractivity contribution in [2.75, 3.05) is 30.8 Å². The number of methoxy groups -OCH3 is 1. The van der Waals surface area contributed by atoms with Crippen LogP contribution in [0.4, 0.5) is 5.69 Å². The lowest BCUT2D eigenvalue weighted by Gasteiger charge is -2.31. The predicted octanol–water partition coefficient (Wildman–Crippen LogP) is 3.32. The van der Waals surface area contributed by atoms with Gasteiger partial charge in [-0.1, -0.05) is 41.4 Å². The van der Waals surface area contributed by atoms with Crippen LogP contribution >= 0.6 is 23.2 Å². The van der Waals surface area contributed by atoms with Crippen LogP contribution in [0.3, 0.4) is 0 Å². The highest BCUT2D eigenvalue weighted by molar-refractivity contribution is 7.92. The number of anilines is 1. The Balaban J connectivity index is 2.44. The Morgan fingerprint density at radius 1 is 1.15 bits per heavy atom.